The number of pyridine rings is 1. The summed E-state index contributed by atoms with van der Waals surface area (Å²) in [7, 11) is 0. The molecule has 1 heterocycles. The van der Waals surface area contributed by atoms with Gasteiger partial charge in [-0.05, 0) is 36.8 Å². The van der Waals surface area contributed by atoms with Crippen LogP contribution in [0, 0.1) is 6.92 Å². The standard InChI is InChI=1S/C13H10ClNO2S/c1-8-5-6-15-12(11(8)13(16)17)18-10-4-2-3-9(14)7-10/h2-7H,1H3,(H,16,17). The summed E-state index contributed by atoms with van der Waals surface area (Å²) in [5, 5.41) is 10.3. The van der Waals surface area contributed by atoms with Crippen molar-refractivity contribution >= 4 is 29.3 Å². The van der Waals surface area contributed by atoms with E-state index in [2.05, 4.69) is 4.98 Å². The molecule has 0 radical (unpaired) electrons. The van der Waals surface area contributed by atoms with Crippen LogP contribution in [0.15, 0.2) is 46.5 Å². The molecule has 5 heteroatoms. The minimum atomic E-state index is -0.967. The highest BCUT2D eigenvalue weighted by atomic mass is 35.5. The third-order valence-corrected chi connectivity index (χ3v) is 3.58. The van der Waals surface area contributed by atoms with Crippen molar-refractivity contribution in [1.29, 1.82) is 0 Å². The molecule has 0 amide bonds. The molecule has 92 valence electrons. The Kier molecular flexibility index (Phi) is 3.89. The Balaban J connectivity index is 2.40. The maximum atomic E-state index is 11.2. The molecule has 3 nitrogen and oxygen atoms in total. The molecule has 2 aromatic rings. The topological polar surface area (TPSA) is 50.2 Å². The molecule has 0 fully saturated rings. The number of aromatic carboxylic acids is 1. The van der Waals surface area contributed by atoms with Crippen molar-refractivity contribution < 1.29 is 9.90 Å². The van der Waals surface area contributed by atoms with Crippen LogP contribution in [0.4, 0.5) is 0 Å². The average molecular weight is 280 g/mol. The molecule has 1 aromatic carbocycles. The van der Waals surface area contributed by atoms with Crippen molar-refractivity contribution in [2.75, 3.05) is 0 Å². The molecular weight excluding hydrogens is 270 g/mol. The van der Waals surface area contributed by atoms with E-state index in [1.165, 1.54) is 11.8 Å². The fraction of sp³-hybridized carbons (Fsp3) is 0.0769. The Hall–Kier alpha value is -1.52. The highest BCUT2D eigenvalue weighted by Gasteiger charge is 2.15. The Morgan fingerprint density at radius 3 is 2.83 bits per heavy atom. The normalized spacial score (nSPS) is 10.3. The zero-order chi connectivity index (χ0) is 13.1. The fourth-order valence-corrected chi connectivity index (χ4v) is 2.79. The van der Waals surface area contributed by atoms with E-state index in [4.69, 9.17) is 11.6 Å². The molecule has 0 unspecified atom stereocenters. The summed E-state index contributed by atoms with van der Waals surface area (Å²) < 4.78 is 0. The Labute approximate surface area is 114 Å². The van der Waals surface area contributed by atoms with Gasteiger partial charge in [0.1, 0.15) is 5.03 Å². The predicted octanol–water partition coefficient (Wildman–Crippen LogP) is 3.89. The first-order chi connectivity index (χ1) is 8.58. The first-order valence-corrected chi connectivity index (χ1v) is 6.39. The van der Waals surface area contributed by atoms with E-state index in [1.54, 1.807) is 31.3 Å². The van der Waals surface area contributed by atoms with Gasteiger partial charge in [-0.2, -0.15) is 0 Å². The zero-order valence-corrected chi connectivity index (χ0v) is 11.1. The van der Waals surface area contributed by atoms with E-state index in [-0.39, 0.29) is 5.56 Å². The lowest BCUT2D eigenvalue weighted by Crippen LogP contribution is -2.03. The van der Waals surface area contributed by atoms with Gasteiger partial charge in [0, 0.05) is 16.1 Å². The number of carboxylic acid groups (broad SMARTS) is 1. The summed E-state index contributed by atoms with van der Waals surface area (Å²) in [5.41, 5.74) is 0.935. The molecule has 0 bridgehead atoms. The van der Waals surface area contributed by atoms with E-state index in [9.17, 15) is 9.90 Å². The number of aromatic nitrogens is 1. The fourth-order valence-electron chi connectivity index (χ4n) is 1.51. The molecule has 2 rings (SSSR count). The number of benzene rings is 1. The molecule has 18 heavy (non-hydrogen) atoms. The van der Waals surface area contributed by atoms with Gasteiger partial charge in [-0.25, -0.2) is 9.78 Å². The molecule has 1 N–H and O–H groups in total. The summed E-state index contributed by atoms with van der Waals surface area (Å²) in [6.07, 6.45) is 1.61. The predicted molar refractivity (Wildman–Crippen MR) is 71.5 cm³/mol. The third-order valence-electron chi connectivity index (χ3n) is 2.35. The van der Waals surface area contributed by atoms with Gasteiger partial charge in [0.05, 0.1) is 5.56 Å². The van der Waals surface area contributed by atoms with Crippen LogP contribution in [0.5, 0.6) is 0 Å². The molecule has 0 saturated heterocycles. The van der Waals surface area contributed by atoms with Crippen LogP contribution in [-0.2, 0) is 0 Å². The van der Waals surface area contributed by atoms with Crippen LogP contribution in [0.25, 0.3) is 0 Å². The number of nitrogens with zero attached hydrogens (tertiary/aromatic N) is 1. The lowest BCUT2D eigenvalue weighted by molar-refractivity contribution is 0.0691. The third kappa shape index (κ3) is 2.83. The highest BCUT2D eigenvalue weighted by Crippen LogP contribution is 2.31. The van der Waals surface area contributed by atoms with Crippen molar-refractivity contribution in [3.8, 4) is 0 Å². The van der Waals surface area contributed by atoms with Crippen LogP contribution in [0.2, 0.25) is 5.02 Å². The SMILES string of the molecule is Cc1ccnc(Sc2cccc(Cl)c2)c1C(=O)O. The van der Waals surface area contributed by atoms with Crippen LogP contribution in [0.1, 0.15) is 15.9 Å². The first kappa shape index (κ1) is 12.9. The van der Waals surface area contributed by atoms with Gasteiger partial charge >= 0.3 is 5.97 Å². The molecule has 0 aliphatic rings. The summed E-state index contributed by atoms with van der Waals surface area (Å²) >= 11 is 7.19. The van der Waals surface area contributed by atoms with E-state index in [1.807, 2.05) is 12.1 Å². The minimum absolute atomic E-state index is 0.238. The summed E-state index contributed by atoms with van der Waals surface area (Å²) in [5.74, 6) is -0.967. The summed E-state index contributed by atoms with van der Waals surface area (Å²) in [6, 6.07) is 8.92. The second-order valence-corrected chi connectivity index (χ2v) is 5.17. The monoisotopic (exact) mass is 279 g/mol. The van der Waals surface area contributed by atoms with E-state index >= 15 is 0 Å². The second kappa shape index (κ2) is 5.42. The number of aryl methyl sites for hydroxylation is 1. The molecule has 0 aliphatic carbocycles. The number of carbonyl (C=O) groups is 1. The van der Waals surface area contributed by atoms with Gasteiger partial charge in [0.15, 0.2) is 0 Å². The maximum Gasteiger partial charge on any atom is 0.338 e. The second-order valence-electron chi connectivity index (χ2n) is 3.67. The zero-order valence-electron chi connectivity index (χ0n) is 9.55. The Morgan fingerprint density at radius 2 is 2.17 bits per heavy atom. The highest BCUT2D eigenvalue weighted by molar-refractivity contribution is 7.99. The van der Waals surface area contributed by atoms with Crippen LogP contribution < -0.4 is 0 Å². The lowest BCUT2D eigenvalue weighted by Gasteiger charge is -2.07. The largest absolute Gasteiger partial charge is 0.478 e. The molecular formula is C13H10ClNO2S. The number of hydrogen-bond donors (Lipinski definition) is 1. The summed E-state index contributed by atoms with van der Waals surface area (Å²) in [6.45, 7) is 1.76. The molecule has 0 spiro atoms. The number of rotatable bonds is 3. The smallest absolute Gasteiger partial charge is 0.338 e. The van der Waals surface area contributed by atoms with Crippen molar-refractivity contribution in [2.45, 2.75) is 16.8 Å². The number of hydrogen-bond acceptors (Lipinski definition) is 3. The van der Waals surface area contributed by atoms with Crippen molar-refractivity contribution in [1.82, 2.24) is 4.98 Å². The van der Waals surface area contributed by atoms with E-state index in [0.29, 0.717) is 15.6 Å². The van der Waals surface area contributed by atoms with Gasteiger partial charge in [0.2, 0.25) is 0 Å². The van der Waals surface area contributed by atoms with Crippen LogP contribution in [0.3, 0.4) is 0 Å². The van der Waals surface area contributed by atoms with Gasteiger partial charge in [0.25, 0.3) is 0 Å². The van der Waals surface area contributed by atoms with Gasteiger partial charge in [-0.3, -0.25) is 0 Å². The van der Waals surface area contributed by atoms with Crippen molar-refractivity contribution in [2.24, 2.45) is 0 Å². The summed E-state index contributed by atoms with van der Waals surface area (Å²) in [4.78, 5) is 16.2. The Morgan fingerprint density at radius 1 is 1.39 bits per heavy atom. The van der Waals surface area contributed by atoms with Gasteiger partial charge in [-0.15, -0.1) is 0 Å². The molecule has 1 aromatic heterocycles. The molecule has 0 atom stereocenters. The van der Waals surface area contributed by atoms with Crippen LogP contribution in [-0.4, -0.2) is 16.1 Å². The van der Waals surface area contributed by atoms with Crippen molar-refractivity contribution in [3.05, 3.63) is 52.7 Å². The van der Waals surface area contributed by atoms with Gasteiger partial charge in [-0.1, -0.05) is 29.4 Å². The number of carboxylic acids is 1. The van der Waals surface area contributed by atoms with Crippen molar-refractivity contribution in [3.63, 3.8) is 0 Å². The molecule has 0 saturated carbocycles. The van der Waals surface area contributed by atoms with Gasteiger partial charge < -0.3 is 5.11 Å². The van der Waals surface area contributed by atoms with E-state index in [0.717, 1.165) is 4.90 Å². The maximum absolute atomic E-state index is 11.2. The Bertz CT molecular complexity index is 601. The minimum Gasteiger partial charge on any atom is -0.478 e. The van der Waals surface area contributed by atoms with E-state index < -0.39 is 5.97 Å². The first-order valence-electron chi connectivity index (χ1n) is 5.20. The average Bonchev–Trinajstić information content (AvgIpc) is 2.28. The quantitative estimate of drug-likeness (QED) is 0.926. The van der Waals surface area contributed by atoms with Crippen LogP contribution >= 0.6 is 23.4 Å². The number of halogens is 1. The lowest BCUT2D eigenvalue weighted by atomic mass is 10.2. The molecule has 0 aliphatic heterocycles.